The van der Waals surface area contributed by atoms with E-state index >= 15 is 0 Å². The molecule has 0 radical (unpaired) electrons. The summed E-state index contributed by atoms with van der Waals surface area (Å²) in [6.45, 7) is 0. The van der Waals surface area contributed by atoms with Gasteiger partial charge in [-0.2, -0.15) is 0 Å². The molecule has 2 rings (SSSR count). The summed E-state index contributed by atoms with van der Waals surface area (Å²) in [5.74, 6) is -1.59. The van der Waals surface area contributed by atoms with Crippen LogP contribution in [0.25, 0.3) is 11.0 Å². The van der Waals surface area contributed by atoms with E-state index in [0.29, 0.717) is 11.0 Å². The van der Waals surface area contributed by atoms with Gasteiger partial charge in [0.05, 0.1) is 23.8 Å². The molecule has 1 aromatic heterocycles. The Kier molecular flexibility index (Phi) is 1.92. The topological polar surface area (TPSA) is 66.0 Å². The number of carbonyl (C=O) groups is 1. The van der Waals surface area contributed by atoms with Crippen molar-refractivity contribution in [2.45, 2.75) is 6.42 Å². The number of nitrogens with zero attached hydrogens (tertiary/aromatic N) is 1. The summed E-state index contributed by atoms with van der Waals surface area (Å²) in [5, 5.41) is 8.52. The van der Waals surface area contributed by atoms with E-state index < -0.39 is 11.8 Å². The Labute approximate surface area is 78.4 Å². The zero-order chi connectivity index (χ0) is 10.1. The lowest BCUT2D eigenvalue weighted by atomic mass is 10.1. The van der Waals surface area contributed by atoms with Crippen LogP contribution in [0.2, 0.25) is 0 Å². The van der Waals surface area contributed by atoms with Gasteiger partial charge in [0.1, 0.15) is 5.82 Å². The minimum Gasteiger partial charge on any atom is -0.481 e. The van der Waals surface area contributed by atoms with Crippen molar-refractivity contribution in [3.05, 3.63) is 29.8 Å². The maximum atomic E-state index is 13.2. The molecular weight excluding hydrogens is 187 g/mol. The molecule has 0 unspecified atom stereocenters. The van der Waals surface area contributed by atoms with Crippen LogP contribution in [0.15, 0.2) is 18.5 Å². The summed E-state index contributed by atoms with van der Waals surface area (Å²) < 4.78 is 13.2. The molecule has 0 spiro atoms. The van der Waals surface area contributed by atoms with E-state index in [1.807, 2.05) is 0 Å². The normalized spacial score (nSPS) is 10.6. The van der Waals surface area contributed by atoms with Gasteiger partial charge in [0.2, 0.25) is 0 Å². The van der Waals surface area contributed by atoms with Crippen LogP contribution < -0.4 is 0 Å². The Morgan fingerprint density at radius 1 is 1.57 bits per heavy atom. The van der Waals surface area contributed by atoms with Gasteiger partial charge in [-0.25, -0.2) is 9.37 Å². The van der Waals surface area contributed by atoms with Crippen molar-refractivity contribution in [1.29, 1.82) is 0 Å². The molecule has 0 aliphatic carbocycles. The minimum atomic E-state index is -1.05. The summed E-state index contributed by atoms with van der Waals surface area (Å²) in [6, 6.07) is 2.69. The number of hydrogen-bond acceptors (Lipinski definition) is 2. The summed E-state index contributed by atoms with van der Waals surface area (Å²) in [5.41, 5.74) is 1.30. The van der Waals surface area contributed by atoms with Crippen molar-refractivity contribution in [3.63, 3.8) is 0 Å². The van der Waals surface area contributed by atoms with Gasteiger partial charge in [0.25, 0.3) is 0 Å². The van der Waals surface area contributed by atoms with E-state index in [1.165, 1.54) is 18.5 Å². The molecule has 0 saturated carbocycles. The zero-order valence-electron chi connectivity index (χ0n) is 7.12. The van der Waals surface area contributed by atoms with Crippen molar-refractivity contribution in [2.24, 2.45) is 0 Å². The molecule has 1 heterocycles. The molecule has 0 atom stereocenters. The molecular formula is C9H7FN2O2. The molecule has 2 N–H and O–H groups in total. The highest BCUT2D eigenvalue weighted by Gasteiger charge is 2.09. The van der Waals surface area contributed by atoms with Crippen LogP contribution in [0.4, 0.5) is 4.39 Å². The third kappa shape index (κ3) is 1.44. The average Bonchev–Trinajstić information content (AvgIpc) is 2.51. The number of imidazole rings is 1. The van der Waals surface area contributed by atoms with Crippen LogP contribution in [0.5, 0.6) is 0 Å². The highest BCUT2D eigenvalue weighted by atomic mass is 19.1. The largest absolute Gasteiger partial charge is 0.481 e. The van der Waals surface area contributed by atoms with Crippen LogP contribution in [-0.4, -0.2) is 21.0 Å². The number of fused-ring (bicyclic) bond motifs is 1. The lowest BCUT2D eigenvalue weighted by molar-refractivity contribution is -0.136. The molecule has 5 heteroatoms. The Morgan fingerprint density at radius 3 is 3.07 bits per heavy atom. The smallest absolute Gasteiger partial charge is 0.307 e. The van der Waals surface area contributed by atoms with Crippen LogP contribution in [0.3, 0.4) is 0 Å². The minimum absolute atomic E-state index is 0.161. The van der Waals surface area contributed by atoms with Crippen molar-refractivity contribution < 1.29 is 14.3 Å². The molecule has 0 aliphatic rings. The third-order valence-electron chi connectivity index (χ3n) is 1.93. The third-order valence-corrected chi connectivity index (χ3v) is 1.93. The molecule has 0 aliphatic heterocycles. The van der Waals surface area contributed by atoms with Crippen LogP contribution in [-0.2, 0) is 11.2 Å². The van der Waals surface area contributed by atoms with Crippen LogP contribution >= 0.6 is 0 Å². The number of rotatable bonds is 2. The van der Waals surface area contributed by atoms with Crippen molar-refractivity contribution in [3.8, 4) is 0 Å². The molecule has 72 valence electrons. The van der Waals surface area contributed by atoms with Crippen LogP contribution in [0, 0.1) is 5.82 Å². The van der Waals surface area contributed by atoms with Crippen LogP contribution in [0.1, 0.15) is 5.56 Å². The van der Waals surface area contributed by atoms with Crippen molar-refractivity contribution in [1.82, 2.24) is 9.97 Å². The second-order valence-electron chi connectivity index (χ2n) is 2.93. The van der Waals surface area contributed by atoms with E-state index in [4.69, 9.17) is 5.11 Å². The van der Waals surface area contributed by atoms with E-state index in [2.05, 4.69) is 9.97 Å². The highest BCUT2D eigenvalue weighted by molar-refractivity contribution is 5.78. The summed E-state index contributed by atoms with van der Waals surface area (Å²) in [7, 11) is 0. The number of aromatic amines is 1. The van der Waals surface area contributed by atoms with Gasteiger partial charge >= 0.3 is 5.97 Å². The predicted octanol–water partition coefficient (Wildman–Crippen LogP) is 1.33. The highest BCUT2D eigenvalue weighted by Crippen LogP contribution is 2.16. The number of H-pyrrole nitrogens is 1. The molecule has 2 aromatic rings. The number of halogens is 1. The van der Waals surface area contributed by atoms with Gasteiger partial charge in [-0.05, 0) is 6.07 Å². The molecule has 14 heavy (non-hydrogen) atoms. The summed E-state index contributed by atoms with van der Waals surface area (Å²) in [4.78, 5) is 17.0. The quantitative estimate of drug-likeness (QED) is 0.757. The number of benzene rings is 1. The van der Waals surface area contributed by atoms with Gasteiger partial charge < -0.3 is 10.1 Å². The number of carboxylic acids is 1. The summed E-state index contributed by atoms with van der Waals surface area (Å²) in [6.07, 6.45) is 1.12. The van der Waals surface area contributed by atoms with E-state index in [0.717, 1.165) is 0 Å². The van der Waals surface area contributed by atoms with E-state index in [1.54, 1.807) is 0 Å². The first-order valence-electron chi connectivity index (χ1n) is 4.00. The number of carboxylic acid groups (broad SMARTS) is 1. The Hall–Kier alpha value is -1.91. The molecule has 4 nitrogen and oxygen atoms in total. The Morgan fingerprint density at radius 2 is 2.36 bits per heavy atom. The monoisotopic (exact) mass is 194 g/mol. The number of aliphatic carboxylic acids is 1. The number of hydrogen-bond donors (Lipinski definition) is 2. The lowest BCUT2D eigenvalue weighted by Gasteiger charge is -1.99. The first-order chi connectivity index (χ1) is 6.66. The molecule has 1 aromatic carbocycles. The fraction of sp³-hybridized carbons (Fsp3) is 0.111. The second-order valence-corrected chi connectivity index (χ2v) is 2.93. The zero-order valence-corrected chi connectivity index (χ0v) is 7.12. The Bertz CT molecular complexity index is 493. The fourth-order valence-corrected chi connectivity index (χ4v) is 1.30. The van der Waals surface area contributed by atoms with E-state index in [9.17, 15) is 9.18 Å². The molecule has 0 fully saturated rings. The van der Waals surface area contributed by atoms with Crippen molar-refractivity contribution in [2.75, 3.05) is 0 Å². The SMILES string of the molecule is O=C(O)Cc1cc2[nH]cnc2cc1F. The van der Waals surface area contributed by atoms with Gasteiger partial charge in [-0.1, -0.05) is 0 Å². The average molecular weight is 194 g/mol. The first-order valence-corrected chi connectivity index (χ1v) is 4.00. The molecule has 0 bridgehead atoms. The van der Waals surface area contributed by atoms with Gasteiger partial charge in [-0.3, -0.25) is 4.79 Å². The molecule has 0 amide bonds. The summed E-state index contributed by atoms with van der Waals surface area (Å²) >= 11 is 0. The predicted molar refractivity (Wildman–Crippen MR) is 47.4 cm³/mol. The van der Waals surface area contributed by atoms with Crippen molar-refractivity contribution >= 4 is 17.0 Å². The second kappa shape index (κ2) is 3.10. The maximum Gasteiger partial charge on any atom is 0.307 e. The van der Waals surface area contributed by atoms with E-state index in [-0.39, 0.29) is 12.0 Å². The molecule has 0 saturated heterocycles. The van der Waals surface area contributed by atoms with Gasteiger partial charge in [0, 0.05) is 11.6 Å². The standard InChI is InChI=1S/C9H7FN2O2/c10-6-3-8-7(11-4-12-8)1-5(6)2-9(13)14/h1,3-4H,2H2,(H,11,12)(H,13,14). The fourth-order valence-electron chi connectivity index (χ4n) is 1.30. The lowest BCUT2D eigenvalue weighted by Crippen LogP contribution is -2.02. The number of aromatic nitrogens is 2. The first kappa shape index (κ1) is 8.68. The Balaban J connectivity index is 2.53. The van der Waals surface area contributed by atoms with Gasteiger partial charge in [0.15, 0.2) is 0 Å². The maximum absolute atomic E-state index is 13.2. The number of nitrogens with one attached hydrogen (secondary N) is 1. The van der Waals surface area contributed by atoms with Gasteiger partial charge in [-0.15, -0.1) is 0 Å².